The summed E-state index contributed by atoms with van der Waals surface area (Å²) in [7, 11) is 0. The molecule has 0 radical (unpaired) electrons. The number of H-pyrrole nitrogens is 1. The molecule has 4 rings (SSSR count). The minimum atomic E-state index is -4.38. The molecule has 29 heavy (non-hydrogen) atoms. The van der Waals surface area contributed by atoms with Gasteiger partial charge in [-0.05, 0) is 41.0 Å². The van der Waals surface area contributed by atoms with Gasteiger partial charge in [-0.15, -0.1) is 0 Å². The molecule has 0 aliphatic rings. The zero-order chi connectivity index (χ0) is 20.4. The predicted octanol–water partition coefficient (Wildman–Crippen LogP) is 4.62. The van der Waals surface area contributed by atoms with Crippen molar-refractivity contribution >= 4 is 16.9 Å². The number of aromatic amines is 1. The van der Waals surface area contributed by atoms with E-state index in [0.29, 0.717) is 34.5 Å². The maximum absolute atomic E-state index is 12.9. The molecule has 4 aromatic rings. The van der Waals surface area contributed by atoms with Gasteiger partial charge in [-0.3, -0.25) is 4.98 Å². The molecular formula is C21H15F3N4O. The molecule has 146 valence electrons. The smallest absolute Gasteiger partial charge is 0.365 e. The van der Waals surface area contributed by atoms with Crippen LogP contribution in [0.2, 0.25) is 0 Å². The van der Waals surface area contributed by atoms with Gasteiger partial charge in [0.05, 0.1) is 10.9 Å². The fourth-order valence-electron chi connectivity index (χ4n) is 3.00. The van der Waals surface area contributed by atoms with Crippen LogP contribution in [0, 0.1) is 0 Å². The predicted molar refractivity (Wildman–Crippen MR) is 104 cm³/mol. The second-order valence-corrected chi connectivity index (χ2v) is 6.42. The van der Waals surface area contributed by atoms with Crippen molar-refractivity contribution in [3.8, 4) is 11.1 Å². The molecule has 8 heteroatoms. The summed E-state index contributed by atoms with van der Waals surface area (Å²) in [5.74, 6) is 0.416. The molecule has 0 bridgehead atoms. The number of rotatable bonds is 4. The van der Waals surface area contributed by atoms with E-state index in [4.69, 9.17) is 0 Å². The number of fused-ring (bicyclic) bond motifs is 1. The van der Waals surface area contributed by atoms with Crippen LogP contribution >= 0.6 is 0 Å². The van der Waals surface area contributed by atoms with Gasteiger partial charge in [0.15, 0.2) is 0 Å². The molecule has 0 saturated heterocycles. The van der Waals surface area contributed by atoms with Gasteiger partial charge >= 0.3 is 11.9 Å². The van der Waals surface area contributed by atoms with Gasteiger partial charge < -0.3 is 5.32 Å². The number of aromatic nitrogens is 3. The molecule has 2 heterocycles. The first kappa shape index (κ1) is 18.7. The van der Waals surface area contributed by atoms with Crippen LogP contribution in [0.4, 0.5) is 19.0 Å². The fourth-order valence-corrected chi connectivity index (χ4v) is 3.00. The van der Waals surface area contributed by atoms with Crippen molar-refractivity contribution in [1.82, 2.24) is 15.0 Å². The van der Waals surface area contributed by atoms with Crippen LogP contribution in [0.3, 0.4) is 0 Å². The molecule has 0 atom stereocenters. The lowest BCUT2D eigenvalue weighted by Gasteiger charge is -2.10. The van der Waals surface area contributed by atoms with Crippen molar-refractivity contribution in [1.29, 1.82) is 0 Å². The largest absolute Gasteiger partial charge is 0.416 e. The molecule has 2 N–H and O–H groups in total. The van der Waals surface area contributed by atoms with E-state index in [1.807, 2.05) is 12.1 Å². The fraction of sp³-hybridized carbons (Fsp3) is 0.0952. The summed E-state index contributed by atoms with van der Waals surface area (Å²) < 4.78 is 38.7. The second kappa shape index (κ2) is 7.38. The Morgan fingerprint density at radius 3 is 2.52 bits per heavy atom. The van der Waals surface area contributed by atoms with Gasteiger partial charge in [-0.2, -0.15) is 18.2 Å². The number of nitrogens with one attached hydrogen (secondary N) is 2. The highest BCUT2D eigenvalue weighted by atomic mass is 19.4. The number of halogens is 3. The number of hydrogen-bond donors (Lipinski definition) is 2. The SMILES string of the molecule is O=c1nc(NCc2ccc(-c3cccc(C(F)(F)F)c3)cc2)c2cccnc2[nH]1. The number of hydrogen-bond acceptors (Lipinski definition) is 4. The maximum atomic E-state index is 12.9. The van der Waals surface area contributed by atoms with E-state index in [2.05, 4.69) is 20.3 Å². The summed E-state index contributed by atoms with van der Waals surface area (Å²) in [5, 5.41) is 3.80. The van der Waals surface area contributed by atoms with Crippen LogP contribution in [0.15, 0.2) is 71.7 Å². The Balaban J connectivity index is 1.54. The average Bonchev–Trinajstić information content (AvgIpc) is 2.72. The Bertz CT molecular complexity index is 1220. The van der Waals surface area contributed by atoms with Crippen molar-refractivity contribution in [2.45, 2.75) is 12.7 Å². The topological polar surface area (TPSA) is 70.7 Å². The van der Waals surface area contributed by atoms with Crippen molar-refractivity contribution in [2.75, 3.05) is 5.32 Å². The van der Waals surface area contributed by atoms with Crippen LogP contribution in [-0.4, -0.2) is 15.0 Å². The van der Waals surface area contributed by atoms with E-state index in [1.54, 1.807) is 36.5 Å². The third-order valence-corrected chi connectivity index (χ3v) is 4.44. The summed E-state index contributed by atoms with van der Waals surface area (Å²) in [6.07, 6.45) is -2.80. The third kappa shape index (κ3) is 4.11. The minimum absolute atomic E-state index is 0.392. The summed E-state index contributed by atoms with van der Waals surface area (Å²) in [4.78, 5) is 22.3. The quantitative estimate of drug-likeness (QED) is 0.528. The Hall–Kier alpha value is -3.68. The minimum Gasteiger partial charge on any atom is -0.365 e. The lowest BCUT2D eigenvalue weighted by molar-refractivity contribution is -0.137. The van der Waals surface area contributed by atoms with Gasteiger partial charge in [0.1, 0.15) is 11.5 Å². The molecule has 0 fully saturated rings. The standard InChI is InChI=1S/C21H15F3N4O/c22-21(23,24)16-4-1-3-15(11-16)14-8-6-13(7-9-14)12-26-19-17-5-2-10-25-18(17)27-20(29)28-19/h1-11H,12H2,(H2,25,26,27,28,29). The highest BCUT2D eigenvalue weighted by Gasteiger charge is 2.30. The molecule has 0 unspecified atom stereocenters. The van der Waals surface area contributed by atoms with Gasteiger partial charge in [-0.1, -0.05) is 36.4 Å². The molecule has 0 aliphatic heterocycles. The number of anilines is 1. The monoisotopic (exact) mass is 396 g/mol. The van der Waals surface area contributed by atoms with Crippen molar-refractivity contribution in [2.24, 2.45) is 0 Å². The van der Waals surface area contributed by atoms with Gasteiger partial charge in [0, 0.05) is 12.7 Å². The van der Waals surface area contributed by atoms with E-state index in [0.717, 1.165) is 17.7 Å². The number of pyridine rings is 1. The summed E-state index contributed by atoms with van der Waals surface area (Å²) >= 11 is 0. The number of nitrogens with zero attached hydrogens (tertiary/aromatic N) is 2. The molecule has 0 aliphatic carbocycles. The van der Waals surface area contributed by atoms with E-state index in [1.165, 1.54) is 6.07 Å². The summed E-state index contributed by atoms with van der Waals surface area (Å²) in [6, 6.07) is 15.9. The van der Waals surface area contributed by atoms with E-state index >= 15 is 0 Å². The van der Waals surface area contributed by atoms with Gasteiger partial charge in [0.25, 0.3) is 0 Å². The van der Waals surface area contributed by atoms with Crippen LogP contribution in [0.5, 0.6) is 0 Å². The highest BCUT2D eigenvalue weighted by molar-refractivity contribution is 5.85. The highest BCUT2D eigenvalue weighted by Crippen LogP contribution is 2.32. The Morgan fingerprint density at radius 2 is 1.76 bits per heavy atom. The zero-order valence-corrected chi connectivity index (χ0v) is 15.0. The first-order chi connectivity index (χ1) is 13.9. The molecule has 5 nitrogen and oxygen atoms in total. The Labute approximate surface area is 163 Å². The van der Waals surface area contributed by atoms with Crippen LogP contribution in [-0.2, 0) is 12.7 Å². The van der Waals surface area contributed by atoms with E-state index < -0.39 is 17.4 Å². The lowest BCUT2D eigenvalue weighted by Crippen LogP contribution is -2.14. The van der Waals surface area contributed by atoms with E-state index in [-0.39, 0.29) is 0 Å². The first-order valence-electron chi connectivity index (χ1n) is 8.76. The summed E-state index contributed by atoms with van der Waals surface area (Å²) in [5.41, 5.74) is 1.33. The molecule has 0 spiro atoms. The maximum Gasteiger partial charge on any atom is 0.416 e. The molecule has 0 amide bonds. The molecule has 2 aromatic carbocycles. The molecule has 2 aromatic heterocycles. The second-order valence-electron chi connectivity index (χ2n) is 6.42. The first-order valence-corrected chi connectivity index (χ1v) is 8.76. The van der Waals surface area contributed by atoms with E-state index in [9.17, 15) is 18.0 Å². The number of alkyl halides is 3. The molecule has 0 saturated carbocycles. The molecular weight excluding hydrogens is 381 g/mol. The lowest BCUT2D eigenvalue weighted by atomic mass is 10.0. The van der Waals surface area contributed by atoms with Crippen LogP contribution in [0.25, 0.3) is 22.2 Å². The zero-order valence-electron chi connectivity index (χ0n) is 15.0. The van der Waals surface area contributed by atoms with Gasteiger partial charge in [0.2, 0.25) is 0 Å². The van der Waals surface area contributed by atoms with Gasteiger partial charge in [-0.25, -0.2) is 9.78 Å². The van der Waals surface area contributed by atoms with Crippen LogP contribution in [0.1, 0.15) is 11.1 Å². The van der Waals surface area contributed by atoms with Crippen molar-refractivity contribution < 1.29 is 13.2 Å². The Kier molecular flexibility index (Phi) is 4.75. The summed E-state index contributed by atoms with van der Waals surface area (Å²) in [6.45, 7) is 0.392. The Morgan fingerprint density at radius 1 is 0.966 bits per heavy atom. The normalized spacial score (nSPS) is 11.6. The number of benzene rings is 2. The van der Waals surface area contributed by atoms with Crippen molar-refractivity contribution in [3.05, 3.63) is 88.5 Å². The third-order valence-electron chi connectivity index (χ3n) is 4.44. The average molecular weight is 396 g/mol. The van der Waals surface area contributed by atoms with Crippen molar-refractivity contribution in [3.63, 3.8) is 0 Å². The van der Waals surface area contributed by atoms with Crippen LogP contribution < -0.4 is 11.0 Å².